The molecule has 0 saturated heterocycles. The van der Waals surface area contributed by atoms with Gasteiger partial charge in [-0.15, -0.1) is 0 Å². The third kappa shape index (κ3) is 5.50. The molecule has 0 spiro atoms. The number of carbonyl (C=O) groups is 1. The highest BCUT2D eigenvalue weighted by Crippen LogP contribution is 1.99. The van der Waals surface area contributed by atoms with Crippen LogP contribution in [0.5, 0.6) is 0 Å². The third-order valence-corrected chi connectivity index (χ3v) is 3.13. The van der Waals surface area contributed by atoms with Gasteiger partial charge in [-0.2, -0.15) is 0 Å². The summed E-state index contributed by atoms with van der Waals surface area (Å²) in [6, 6.07) is 2.62. The number of nitrogens with two attached hydrogens (primary N) is 1. The quantitative estimate of drug-likeness (QED) is 0.728. The van der Waals surface area contributed by atoms with Gasteiger partial charge in [-0.25, -0.2) is 8.42 Å². The van der Waals surface area contributed by atoms with E-state index in [-0.39, 0.29) is 24.6 Å². The Balaban J connectivity index is 2.32. The van der Waals surface area contributed by atoms with Crippen LogP contribution in [-0.4, -0.2) is 32.4 Å². The summed E-state index contributed by atoms with van der Waals surface area (Å²) in [5, 5.41) is 2.57. The van der Waals surface area contributed by atoms with Gasteiger partial charge >= 0.3 is 0 Å². The van der Waals surface area contributed by atoms with Gasteiger partial charge < -0.3 is 15.5 Å². The van der Waals surface area contributed by atoms with Crippen LogP contribution < -0.4 is 11.1 Å². The van der Waals surface area contributed by atoms with E-state index in [4.69, 9.17) is 10.2 Å². The van der Waals surface area contributed by atoms with E-state index in [2.05, 4.69) is 5.32 Å². The first-order chi connectivity index (χ1) is 7.88. The van der Waals surface area contributed by atoms with E-state index in [1.54, 1.807) is 12.1 Å². The molecular weight excluding hydrogens is 244 g/mol. The molecule has 0 saturated carbocycles. The summed E-state index contributed by atoms with van der Waals surface area (Å²) in [7, 11) is -3.09. The average molecular weight is 260 g/mol. The highest BCUT2D eigenvalue weighted by atomic mass is 32.2. The Morgan fingerprint density at radius 1 is 1.59 bits per heavy atom. The fourth-order valence-corrected chi connectivity index (χ4v) is 1.87. The molecule has 0 aliphatic carbocycles. The van der Waals surface area contributed by atoms with Crippen molar-refractivity contribution < 1.29 is 17.6 Å². The molecule has 1 aromatic rings. The zero-order valence-electron chi connectivity index (χ0n) is 9.55. The number of carbonyl (C=O) groups excluding carboxylic acids is 1. The van der Waals surface area contributed by atoms with Gasteiger partial charge in [0, 0.05) is 6.26 Å². The Bertz CT molecular complexity index is 453. The van der Waals surface area contributed by atoms with Crippen molar-refractivity contribution in [2.24, 2.45) is 5.73 Å². The highest BCUT2D eigenvalue weighted by Gasteiger charge is 2.15. The summed E-state index contributed by atoms with van der Waals surface area (Å²) in [5.74, 6) is 0.140. The number of hydrogen-bond acceptors (Lipinski definition) is 5. The van der Waals surface area contributed by atoms with Gasteiger partial charge in [0.2, 0.25) is 5.91 Å². The van der Waals surface area contributed by atoms with Crippen molar-refractivity contribution in [2.75, 3.05) is 12.0 Å². The standard InChI is InChI=1S/C10H16N2O4S/c1-17(14,15)6-4-9(11)10(13)12-7-8-3-2-5-16-8/h2-3,5,9H,4,6-7,11H2,1H3,(H,12,13)/t9-/m0/s1. The molecule has 96 valence electrons. The van der Waals surface area contributed by atoms with Crippen LogP contribution in [-0.2, 0) is 21.2 Å². The van der Waals surface area contributed by atoms with E-state index >= 15 is 0 Å². The van der Waals surface area contributed by atoms with E-state index in [9.17, 15) is 13.2 Å². The van der Waals surface area contributed by atoms with Gasteiger partial charge in [0.05, 0.1) is 24.6 Å². The van der Waals surface area contributed by atoms with Crippen LogP contribution in [0, 0.1) is 0 Å². The van der Waals surface area contributed by atoms with Crippen molar-refractivity contribution in [3.8, 4) is 0 Å². The predicted octanol–water partition coefficient (Wildman–Crippen LogP) is -0.342. The van der Waals surface area contributed by atoms with Crippen molar-refractivity contribution in [1.82, 2.24) is 5.32 Å². The summed E-state index contributed by atoms with van der Waals surface area (Å²) < 4.78 is 26.8. The van der Waals surface area contributed by atoms with Crippen molar-refractivity contribution in [2.45, 2.75) is 19.0 Å². The molecule has 1 atom stereocenters. The molecule has 0 unspecified atom stereocenters. The molecule has 3 N–H and O–H groups in total. The van der Waals surface area contributed by atoms with E-state index in [0.29, 0.717) is 5.76 Å². The number of rotatable bonds is 6. The molecule has 0 aliphatic rings. The predicted molar refractivity (Wildman–Crippen MR) is 62.9 cm³/mol. The maximum absolute atomic E-state index is 11.5. The first kappa shape index (κ1) is 13.7. The molecule has 0 aromatic carbocycles. The van der Waals surface area contributed by atoms with Crippen molar-refractivity contribution >= 4 is 15.7 Å². The number of furan rings is 1. The Morgan fingerprint density at radius 3 is 2.82 bits per heavy atom. The van der Waals surface area contributed by atoms with Crippen LogP contribution in [0.25, 0.3) is 0 Å². The lowest BCUT2D eigenvalue weighted by Crippen LogP contribution is -2.41. The van der Waals surface area contributed by atoms with Gasteiger partial charge in [0.25, 0.3) is 0 Å². The Kier molecular flexibility index (Phi) is 4.71. The van der Waals surface area contributed by atoms with Crippen molar-refractivity contribution in [1.29, 1.82) is 0 Å². The fourth-order valence-electron chi connectivity index (χ4n) is 1.19. The highest BCUT2D eigenvalue weighted by molar-refractivity contribution is 7.90. The van der Waals surface area contributed by atoms with E-state index in [1.165, 1.54) is 6.26 Å². The molecule has 1 amide bonds. The van der Waals surface area contributed by atoms with Crippen LogP contribution in [0.1, 0.15) is 12.2 Å². The summed E-state index contributed by atoms with van der Waals surface area (Å²) in [4.78, 5) is 11.5. The zero-order chi connectivity index (χ0) is 12.9. The smallest absolute Gasteiger partial charge is 0.237 e. The monoisotopic (exact) mass is 260 g/mol. The van der Waals surface area contributed by atoms with Crippen LogP contribution >= 0.6 is 0 Å². The lowest BCUT2D eigenvalue weighted by Gasteiger charge is -2.10. The minimum Gasteiger partial charge on any atom is -0.467 e. The summed E-state index contributed by atoms with van der Waals surface area (Å²) in [6.45, 7) is 0.248. The molecular formula is C10H16N2O4S. The minimum absolute atomic E-state index is 0.0949. The molecule has 0 radical (unpaired) electrons. The molecule has 1 rings (SSSR count). The lowest BCUT2D eigenvalue weighted by molar-refractivity contribution is -0.122. The first-order valence-corrected chi connectivity index (χ1v) is 7.18. The van der Waals surface area contributed by atoms with Crippen LogP contribution in [0.15, 0.2) is 22.8 Å². The minimum atomic E-state index is -3.09. The fraction of sp³-hybridized carbons (Fsp3) is 0.500. The van der Waals surface area contributed by atoms with Gasteiger partial charge in [-0.1, -0.05) is 0 Å². The third-order valence-electron chi connectivity index (χ3n) is 2.15. The van der Waals surface area contributed by atoms with Gasteiger partial charge in [-0.3, -0.25) is 4.79 Å². The summed E-state index contributed by atoms with van der Waals surface area (Å²) in [5.41, 5.74) is 5.56. The maximum Gasteiger partial charge on any atom is 0.237 e. The number of sulfone groups is 1. The molecule has 0 fully saturated rings. The molecule has 0 aliphatic heterocycles. The van der Waals surface area contributed by atoms with Crippen LogP contribution in [0.2, 0.25) is 0 Å². The Labute approximate surface area is 100 Å². The van der Waals surface area contributed by atoms with Crippen LogP contribution in [0.4, 0.5) is 0 Å². The van der Waals surface area contributed by atoms with E-state index < -0.39 is 15.9 Å². The lowest BCUT2D eigenvalue weighted by atomic mass is 10.2. The van der Waals surface area contributed by atoms with Gasteiger partial charge in [0.15, 0.2) is 0 Å². The second kappa shape index (κ2) is 5.83. The summed E-state index contributed by atoms with van der Waals surface area (Å²) in [6.07, 6.45) is 2.73. The first-order valence-electron chi connectivity index (χ1n) is 5.12. The molecule has 17 heavy (non-hydrogen) atoms. The van der Waals surface area contributed by atoms with Gasteiger partial charge in [-0.05, 0) is 18.6 Å². The van der Waals surface area contributed by atoms with E-state index in [1.807, 2.05) is 0 Å². The molecule has 1 aromatic heterocycles. The summed E-state index contributed by atoms with van der Waals surface area (Å²) >= 11 is 0. The number of hydrogen-bond donors (Lipinski definition) is 2. The molecule has 1 heterocycles. The SMILES string of the molecule is CS(=O)(=O)CC[C@H](N)C(=O)NCc1ccco1. The number of nitrogens with one attached hydrogen (secondary N) is 1. The normalized spacial score (nSPS) is 13.3. The van der Waals surface area contributed by atoms with Gasteiger partial charge in [0.1, 0.15) is 15.6 Å². The van der Waals surface area contributed by atoms with Crippen molar-refractivity contribution in [3.05, 3.63) is 24.2 Å². The number of amides is 1. The molecule has 6 nitrogen and oxygen atoms in total. The zero-order valence-corrected chi connectivity index (χ0v) is 10.4. The largest absolute Gasteiger partial charge is 0.467 e. The Morgan fingerprint density at radius 2 is 2.29 bits per heavy atom. The second-order valence-corrected chi connectivity index (χ2v) is 6.08. The van der Waals surface area contributed by atoms with Crippen molar-refractivity contribution in [3.63, 3.8) is 0 Å². The topological polar surface area (TPSA) is 102 Å². The van der Waals surface area contributed by atoms with E-state index in [0.717, 1.165) is 6.26 Å². The molecule has 0 bridgehead atoms. The average Bonchev–Trinajstić information content (AvgIpc) is 2.74. The van der Waals surface area contributed by atoms with Crippen LogP contribution in [0.3, 0.4) is 0 Å². The molecule has 7 heteroatoms. The second-order valence-electron chi connectivity index (χ2n) is 3.82. The maximum atomic E-state index is 11.5. The Hall–Kier alpha value is -1.34.